The molecule has 4 heteroatoms. The van der Waals surface area contributed by atoms with Gasteiger partial charge in [0.2, 0.25) is 0 Å². The summed E-state index contributed by atoms with van der Waals surface area (Å²) in [7, 11) is 0. The molecule has 0 atom stereocenters. The van der Waals surface area contributed by atoms with E-state index in [1.165, 1.54) is 6.20 Å². The van der Waals surface area contributed by atoms with Crippen LogP contribution >= 0.6 is 11.6 Å². The number of benzene rings is 1. The fourth-order valence-corrected chi connectivity index (χ4v) is 2.15. The first-order chi connectivity index (χ1) is 8.00. The molecule has 1 aromatic carbocycles. The van der Waals surface area contributed by atoms with Crippen molar-refractivity contribution in [2.24, 2.45) is 0 Å². The summed E-state index contributed by atoms with van der Waals surface area (Å²) in [6.07, 6.45) is 1.41. The van der Waals surface area contributed by atoms with Gasteiger partial charge in [-0.15, -0.1) is 0 Å². The summed E-state index contributed by atoms with van der Waals surface area (Å²) in [6, 6.07) is 5.32. The van der Waals surface area contributed by atoms with Crippen LogP contribution in [0.1, 0.15) is 35.7 Å². The van der Waals surface area contributed by atoms with Crippen molar-refractivity contribution in [3.05, 3.63) is 40.5 Å². The van der Waals surface area contributed by atoms with Gasteiger partial charge in [-0.25, -0.2) is 4.79 Å². The van der Waals surface area contributed by atoms with Gasteiger partial charge < -0.3 is 5.11 Å². The quantitative estimate of drug-likeness (QED) is 0.883. The van der Waals surface area contributed by atoms with Crippen LogP contribution in [0.25, 0.3) is 10.9 Å². The number of carbonyl (C=O) groups is 1. The Balaban J connectivity index is 2.87. The van der Waals surface area contributed by atoms with Crippen LogP contribution in [0.4, 0.5) is 0 Å². The highest BCUT2D eigenvalue weighted by Gasteiger charge is 2.17. The third-order valence-electron chi connectivity index (χ3n) is 2.68. The zero-order valence-electron chi connectivity index (χ0n) is 9.57. The van der Waals surface area contributed by atoms with Crippen molar-refractivity contribution in [2.45, 2.75) is 19.8 Å². The topological polar surface area (TPSA) is 50.2 Å². The van der Waals surface area contributed by atoms with Gasteiger partial charge in [0, 0.05) is 16.6 Å². The van der Waals surface area contributed by atoms with Crippen LogP contribution in [0.2, 0.25) is 5.02 Å². The monoisotopic (exact) mass is 249 g/mol. The minimum absolute atomic E-state index is 0.102. The molecule has 17 heavy (non-hydrogen) atoms. The molecule has 3 nitrogen and oxygen atoms in total. The second-order valence-corrected chi connectivity index (χ2v) is 4.64. The first-order valence-electron chi connectivity index (χ1n) is 5.32. The predicted molar refractivity (Wildman–Crippen MR) is 67.8 cm³/mol. The number of rotatable bonds is 2. The van der Waals surface area contributed by atoms with Crippen molar-refractivity contribution in [3.63, 3.8) is 0 Å². The smallest absolute Gasteiger partial charge is 0.337 e. The van der Waals surface area contributed by atoms with Crippen molar-refractivity contribution < 1.29 is 9.90 Å². The second kappa shape index (κ2) is 4.34. The molecule has 1 heterocycles. The van der Waals surface area contributed by atoms with Gasteiger partial charge in [-0.05, 0) is 29.7 Å². The van der Waals surface area contributed by atoms with Gasteiger partial charge in [0.15, 0.2) is 0 Å². The number of carboxylic acid groups (broad SMARTS) is 1. The Bertz CT molecular complexity index is 593. The molecule has 0 aliphatic rings. The third kappa shape index (κ3) is 2.11. The van der Waals surface area contributed by atoms with Crippen LogP contribution in [0.15, 0.2) is 24.4 Å². The normalized spacial score (nSPS) is 11.1. The molecular formula is C13H12ClNO2. The maximum atomic E-state index is 11.2. The summed E-state index contributed by atoms with van der Waals surface area (Å²) in [5.41, 5.74) is 1.79. The number of nitrogens with zero attached hydrogens (tertiary/aromatic N) is 1. The SMILES string of the molecule is CC(C)c1c(C(=O)O)cnc2ccc(Cl)cc12. The zero-order valence-corrected chi connectivity index (χ0v) is 10.3. The molecular weight excluding hydrogens is 238 g/mol. The van der Waals surface area contributed by atoms with E-state index >= 15 is 0 Å². The number of halogens is 1. The van der Waals surface area contributed by atoms with E-state index in [0.717, 1.165) is 16.5 Å². The molecule has 88 valence electrons. The number of pyridine rings is 1. The van der Waals surface area contributed by atoms with Crippen LogP contribution in [0, 0.1) is 0 Å². The Kier molecular flexibility index (Phi) is 3.03. The zero-order chi connectivity index (χ0) is 12.6. The Hall–Kier alpha value is -1.61. The lowest BCUT2D eigenvalue weighted by Gasteiger charge is -2.13. The van der Waals surface area contributed by atoms with E-state index in [9.17, 15) is 9.90 Å². The maximum Gasteiger partial charge on any atom is 0.337 e. The van der Waals surface area contributed by atoms with Crippen LogP contribution in [0.5, 0.6) is 0 Å². The van der Waals surface area contributed by atoms with Gasteiger partial charge in [0.05, 0.1) is 11.1 Å². The predicted octanol–water partition coefficient (Wildman–Crippen LogP) is 3.71. The van der Waals surface area contributed by atoms with Gasteiger partial charge >= 0.3 is 5.97 Å². The molecule has 0 radical (unpaired) electrons. The molecule has 0 saturated carbocycles. The van der Waals surface area contributed by atoms with E-state index in [0.29, 0.717) is 5.02 Å². The van der Waals surface area contributed by atoms with Gasteiger partial charge in [0.25, 0.3) is 0 Å². The van der Waals surface area contributed by atoms with Gasteiger partial charge in [-0.2, -0.15) is 0 Å². The van der Waals surface area contributed by atoms with E-state index in [1.807, 2.05) is 13.8 Å². The molecule has 0 aliphatic carbocycles. The highest BCUT2D eigenvalue weighted by atomic mass is 35.5. The number of carboxylic acids is 1. The Morgan fingerprint density at radius 2 is 2.12 bits per heavy atom. The Morgan fingerprint density at radius 1 is 1.41 bits per heavy atom. The van der Waals surface area contributed by atoms with Gasteiger partial charge in [-0.3, -0.25) is 4.98 Å². The molecule has 0 bridgehead atoms. The Morgan fingerprint density at radius 3 is 2.71 bits per heavy atom. The first-order valence-corrected chi connectivity index (χ1v) is 5.70. The van der Waals surface area contributed by atoms with E-state index in [4.69, 9.17) is 11.6 Å². The van der Waals surface area contributed by atoms with Crippen molar-refractivity contribution in [1.82, 2.24) is 4.98 Å². The summed E-state index contributed by atoms with van der Waals surface area (Å²) in [5.74, 6) is -0.854. The molecule has 0 amide bonds. The molecule has 1 N–H and O–H groups in total. The summed E-state index contributed by atoms with van der Waals surface area (Å²) in [5, 5.41) is 10.6. The molecule has 0 aliphatic heterocycles. The highest BCUT2D eigenvalue weighted by Crippen LogP contribution is 2.29. The molecule has 0 saturated heterocycles. The lowest BCUT2D eigenvalue weighted by Crippen LogP contribution is -2.05. The van der Waals surface area contributed by atoms with Crippen molar-refractivity contribution in [3.8, 4) is 0 Å². The number of hydrogen-bond acceptors (Lipinski definition) is 2. The van der Waals surface area contributed by atoms with E-state index in [-0.39, 0.29) is 11.5 Å². The summed E-state index contributed by atoms with van der Waals surface area (Å²) in [4.78, 5) is 15.3. The van der Waals surface area contributed by atoms with Gasteiger partial charge in [0.1, 0.15) is 0 Å². The number of fused-ring (bicyclic) bond motifs is 1. The maximum absolute atomic E-state index is 11.2. The van der Waals surface area contributed by atoms with Gasteiger partial charge in [-0.1, -0.05) is 25.4 Å². The molecule has 1 aromatic heterocycles. The van der Waals surface area contributed by atoms with Crippen LogP contribution in [-0.2, 0) is 0 Å². The van der Waals surface area contributed by atoms with E-state index in [1.54, 1.807) is 18.2 Å². The molecule has 2 rings (SSSR count). The minimum Gasteiger partial charge on any atom is -0.478 e. The summed E-state index contributed by atoms with van der Waals surface area (Å²) < 4.78 is 0. The van der Waals surface area contributed by atoms with Crippen LogP contribution < -0.4 is 0 Å². The van der Waals surface area contributed by atoms with Crippen LogP contribution in [-0.4, -0.2) is 16.1 Å². The lowest BCUT2D eigenvalue weighted by atomic mass is 9.94. The lowest BCUT2D eigenvalue weighted by molar-refractivity contribution is 0.0695. The molecule has 0 spiro atoms. The van der Waals surface area contributed by atoms with Crippen molar-refractivity contribution in [1.29, 1.82) is 0 Å². The fourth-order valence-electron chi connectivity index (χ4n) is 1.98. The molecule has 0 unspecified atom stereocenters. The summed E-state index contributed by atoms with van der Waals surface area (Å²) in [6.45, 7) is 3.92. The Labute approximate surface area is 104 Å². The average molecular weight is 250 g/mol. The standard InChI is InChI=1S/C13H12ClNO2/c1-7(2)12-9-5-8(14)3-4-11(9)15-6-10(12)13(16)17/h3-7H,1-2H3,(H,16,17). The number of hydrogen-bond donors (Lipinski definition) is 1. The average Bonchev–Trinajstić information content (AvgIpc) is 2.26. The summed E-state index contributed by atoms with van der Waals surface area (Å²) >= 11 is 5.95. The minimum atomic E-state index is -0.955. The van der Waals surface area contributed by atoms with E-state index in [2.05, 4.69) is 4.98 Å². The van der Waals surface area contributed by atoms with Crippen molar-refractivity contribution >= 4 is 28.5 Å². The van der Waals surface area contributed by atoms with Crippen molar-refractivity contribution in [2.75, 3.05) is 0 Å². The molecule has 2 aromatic rings. The number of aromatic nitrogens is 1. The molecule has 0 fully saturated rings. The first kappa shape index (κ1) is 11.9. The van der Waals surface area contributed by atoms with Crippen LogP contribution in [0.3, 0.4) is 0 Å². The van der Waals surface area contributed by atoms with E-state index < -0.39 is 5.97 Å². The third-order valence-corrected chi connectivity index (χ3v) is 2.91. The largest absolute Gasteiger partial charge is 0.478 e. The number of aromatic carboxylic acids is 1. The highest BCUT2D eigenvalue weighted by molar-refractivity contribution is 6.31. The second-order valence-electron chi connectivity index (χ2n) is 4.21. The fraction of sp³-hybridized carbons (Fsp3) is 0.231.